The van der Waals surface area contributed by atoms with Crippen molar-refractivity contribution >= 4 is 28.3 Å². The van der Waals surface area contributed by atoms with E-state index in [1.54, 1.807) is 0 Å². The molecule has 1 aromatic heterocycles. The number of nitrogens with one attached hydrogen (secondary N) is 1. The minimum Gasteiger partial charge on any atom is -0.367 e. The minimum absolute atomic E-state index is 0.305. The first-order valence-corrected chi connectivity index (χ1v) is 8.05. The maximum atomic E-state index is 6.04. The van der Waals surface area contributed by atoms with Crippen molar-refractivity contribution in [3.05, 3.63) is 29.5 Å². The molecule has 1 aliphatic heterocycles. The van der Waals surface area contributed by atoms with Crippen molar-refractivity contribution in [2.45, 2.75) is 32.2 Å². The van der Waals surface area contributed by atoms with Crippen LogP contribution in [0.4, 0.5) is 5.82 Å². The van der Waals surface area contributed by atoms with Crippen LogP contribution in [0.15, 0.2) is 24.3 Å². The van der Waals surface area contributed by atoms with Crippen LogP contribution in [0.2, 0.25) is 5.28 Å². The molecule has 21 heavy (non-hydrogen) atoms. The Balaban J connectivity index is 1.74. The summed E-state index contributed by atoms with van der Waals surface area (Å²) in [5.74, 6) is 0.861. The van der Waals surface area contributed by atoms with Gasteiger partial charge < -0.3 is 10.2 Å². The van der Waals surface area contributed by atoms with Crippen LogP contribution >= 0.6 is 11.6 Å². The lowest BCUT2D eigenvalue weighted by molar-refractivity contribution is 0.219. The zero-order valence-electron chi connectivity index (χ0n) is 12.3. The predicted molar refractivity (Wildman–Crippen MR) is 87.9 cm³/mol. The van der Waals surface area contributed by atoms with E-state index < -0.39 is 0 Å². The summed E-state index contributed by atoms with van der Waals surface area (Å²) in [6.45, 7) is 5.75. The van der Waals surface area contributed by atoms with Crippen LogP contribution in [-0.4, -0.2) is 40.5 Å². The fourth-order valence-corrected chi connectivity index (χ4v) is 3.14. The van der Waals surface area contributed by atoms with Gasteiger partial charge in [-0.1, -0.05) is 19.1 Å². The van der Waals surface area contributed by atoms with Gasteiger partial charge in [0, 0.05) is 24.5 Å². The van der Waals surface area contributed by atoms with E-state index in [4.69, 9.17) is 11.6 Å². The van der Waals surface area contributed by atoms with E-state index in [0.29, 0.717) is 11.3 Å². The van der Waals surface area contributed by atoms with Crippen LogP contribution in [0.5, 0.6) is 0 Å². The first kappa shape index (κ1) is 14.5. The van der Waals surface area contributed by atoms with Crippen molar-refractivity contribution in [3.8, 4) is 0 Å². The number of nitrogens with zero attached hydrogens (tertiary/aromatic N) is 3. The normalized spacial score (nSPS) is 17.2. The Kier molecular flexibility index (Phi) is 4.56. The molecule has 1 aliphatic rings. The zero-order chi connectivity index (χ0) is 14.7. The number of likely N-dealkylation sites (tertiary alicyclic amines) is 1. The summed E-state index contributed by atoms with van der Waals surface area (Å²) in [4.78, 5) is 11.2. The van der Waals surface area contributed by atoms with Crippen LogP contribution in [0.3, 0.4) is 0 Å². The molecule has 1 N–H and O–H groups in total. The summed E-state index contributed by atoms with van der Waals surface area (Å²) < 4.78 is 0. The van der Waals surface area contributed by atoms with Crippen molar-refractivity contribution in [1.29, 1.82) is 0 Å². The number of rotatable bonds is 4. The molecule has 1 saturated heterocycles. The number of aromatic nitrogens is 2. The molecular formula is C16H21ClN4. The molecule has 1 fully saturated rings. The molecule has 0 spiro atoms. The molecule has 3 rings (SSSR count). The third-order valence-electron chi connectivity index (χ3n) is 4.04. The minimum atomic E-state index is 0.305. The third kappa shape index (κ3) is 3.44. The van der Waals surface area contributed by atoms with E-state index in [1.807, 2.05) is 24.3 Å². The SMILES string of the molecule is CCCN1CCC(Nc2nc(Cl)nc3ccccc23)CC1. The lowest BCUT2D eigenvalue weighted by Gasteiger charge is -2.32. The lowest BCUT2D eigenvalue weighted by atomic mass is 10.0. The Morgan fingerprint density at radius 3 is 2.76 bits per heavy atom. The van der Waals surface area contributed by atoms with Gasteiger partial charge >= 0.3 is 0 Å². The van der Waals surface area contributed by atoms with E-state index in [9.17, 15) is 0 Å². The number of benzene rings is 1. The third-order valence-corrected chi connectivity index (χ3v) is 4.21. The van der Waals surface area contributed by atoms with Crippen LogP contribution in [0, 0.1) is 0 Å². The fourth-order valence-electron chi connectivity index (χ4n) is 2.97. The standard InChI is InChI=1S/C16H21ClN4/c1-2-9-21-10-7-12(8-11-21)18-15-13-5-3-4-6-14(13)19-16(17)20-15/h3-6,12H,2,7-11H2,1H3,(H,18,19,20). The van der Waals surface area contributed by atoms with Gasteiger partial charge in [0.1, 0.15) is 5.82 Å². The number of hydrogen-bond donors (Lipinski definition) is 1. The molecule has 0 bridgehead atoms. The number of hydrogen-bond acceptors (Lipinski definition) is 4. The number of anilines is 1. The van der Waals surface area contributed by atoms with Gasteiger partial charge in [-0.15, -0.1) is 0 Å². The zero-order valence-corrected chi connectivity index (χ0v) is 13.1. The Labute approximate surface area is 130 Å². The average molecular weight is 305 g/mol. The highest BCUT2D eigenvalue weighted by Crippen LogP contribution is 2.24. The molecule has 0 radical (unpaired) electrons. The molecular weight excluding hydrogens is 284 g/mol. The topological polar surface area (TPSA) is 41.0 Å². The Hall–Kier alpha value is -1.39. The quantitative estimate of drug-likeness (QED) is 0.877. The number of fused-ring (bicyclic) bond motifs is 1. The number of halogens is 1. The van der Waals surface area contributed by atoms with Gasteiger partial charge in [-0.3, -0.25) is 0 Å². The van der Waals surface area contributed by atoms with Crippen LogP contribution in [0.25, 0.3) is 10.9 Å². The monoisotopic (exact) mass is 304 g/mol. The second kappa shape index (κ2) is 6.58. The molecule has 4 nitrogen and oxygen atoms in total. The maximum Gasteiger partial charge on any atom is 0.224 e. The van der Waals surface area contributed by atoms with Gasteiger partial charge in [0.2, 0.25) is 5.28 Å². The molecule has 1 aromatic carbocycles. The van der Waals surface area contributed by atoms with Gasteiger partial charge in [0.15, 0.2) is 0 Å². The lowest BCUT2D eigenvalue weighted by Crippen LogP contribution is -2.39. The number of para-hydroxylation sites is 1. The van der Waals surface area contributed by atoms with Crippen molar-refractivity contribution < 1.29 is 0 Å². The molecule has 112 valence electrons. The van der Waals surface area contributed by atoms with E-state index in [1.165, 1.54) is 13.0 Å². The molecule has 0 unspecified atom stereocenters. The second-order valence-electron chi connectivity index (χ2n) is 5.62. The van der Waals surface area contributed by atoms with Gasteiger partial charge in [-0.2, -0.15) is 0 Å². The summed E-state index contributed by atoms with van der Waals surface area (Å²) in [6.07, 6.45) is 3.52. The van der Waals surface area contributed by atoms with Gasteiger partial charge in [0.05, 0.1) is 5.52 Å². The van der Waals surface area contributed by atoms with Crippen molar-refractivity contribution in [2.75, 3.05) is 25.0 Å². The van der Waals surface area contributed by atoms with Crippen LogP contribution < -0.4 is 5.32 Å². The Bertz CT molecular complexity index is 608. The first-order valence-electron chi connectivity index (χ1n) is 7.67. The van der Waals surface area contributed by atoms with E-state index in [2.05, 4.69) is 27.1 Å². The highest BCUT2D eigenvalue weighted by atomic mass is 35.5. The molecule has 0 saturated carbocycles. The van der Waals surface area contributed by atoms with Crippen LogP contribution in [-0.2, 0) is 0 Å². The summed E-state index contributed by atoms with van der Waals surface area (Å²) in [7, 11) is 0. The molecule has 0 amide bonds. The molecule has 2 aromatic rings. The molecule has 5 heteroatoms. The molecule has 2 heterocycles. The summed E-state index contributed by atoms with van der Waals surface area (Å²) in [6, 6.07) is 8.46. The van der Waals surface area contributed by atoms with Crippen LogP contribution in [0.1, 0.15) is 26.2 Å². The van der Waals surface area contributed by atoms with Gasteiger partial charge in [-0.25, -0.2) is 9.97 Å². The fraction of sp³-hybridized carbons (Fsp3) is 0.500. The average Bonchev–Trinajstić information content (AvgIpc) is 2.49. The Morgan fingerprint density at radius 2 is 2.00 bits per heavy atom. The van der Waals surface area contributed by atoms with E-state index in [0.717, 1.165) is 42.7 Å². The first-order chi connectivity index (χ1) is 10.3. The summed E-state index contributed by atoms with van der Waals surface area (Å²) in [5, 5.41) is 4.91. The molecule has 0 atom stereocenters. The summed E-state index contributed by atoms with van der Waals surface area (Å²) >= 11 is 6.04. The largest absolute Gasteiger partial charge is 0.367 e. The second-order valence-corrected chi connectivity index (χ2v) is 5.96. The number of piperidine rings is 1. The predicted octanol–water partition coefficient (Wildman–Crippen LogP) is 3.57. The summed E-state index contributed by atoms with van der Waals surface area (Å²) in [5.41, 5.74) is 0.892. The van der Waals surface area contributed by atoms with E-state index >= 15 is 0 Å². The van der Waals surface area contributed by atoms with E-state index in [-0.39, 0.29) is 0 Å². The van der Waals surface area contributed by atoms with Gasteiger partial charge in [-0.05, 0) is 49.5 Å². The Morgan fingerprint density at radius 1 is 1.24 bits per heavy atom. The highest BCUT2D eigenvalue weighted by Gasteiger charge is 2.19. The van der Waals surface area contributed by atoms with Crippen molar-refractivity contribution in [3.63, 3.8) is 0 Å². The van der Waals surface area contributed by atoms with Crippen molar-refractivity contribution in [2.24, 2.45) is 0 Å². The molecule has 0 aliphatic carbocycles. The van der Waals surface area contributed by atoms with Crippen molar-refractivity contribution in [1.82, 2.24) is 14.9 Å². The smallest absolute Gasteiger partial charge is 0.224 e. The maximum absolute atomic E-state index is 6.04. The highest BCUT2D eigenvalue weighted by molar-refractivity contribution is 6.28. The van der Waals surface area contributed by atoms with Gasteiger partial charge in [0.25, 0.3) is 0 Å².